The molecule has 0 heterocycles. The normalized spacial score (nSPS) is 10.8. The Kier molecular flexibility index (Phi) is 0.821. The van der Waals surface area contributed by atoms with E-state index < -0.39 is 0 Å². The van der Waals surface area contributed by atoms with Crippen LogP contribution in [0, 0.1) is 0 Å². The second-order valence-corrected chi connectivity index (χ2v) is 1.42. The van der Waals surface area contributed by atoms with Gasteiger partial charge in [-0.2, -0.15) is 0 Å². The molecule has 2 N–H and O–H groups in total. The minimum absolute atomic E-state index is 0.199. The molecule has 0 spiro atoms. The van der Waals surface area contributed by atoms with Gasteiger partial charge in [0.2, 0.25) is 0 Å². The fourth-order valence-corrected chi connectivity index (χ4v) is 0.445. The topological polar surface area (TPSA) is 40.5 Å². The molecule has 8 heavy (non-hydrogen) atoms. The number of hydrogen-bond donors (Lipinski definition) is 2. The Labute approximate surface area is 48.4 Å². The lowest BCUT2D eigenvalue weighted by molar-refractivity contribution is 0.450. The molecule has 0 bridgehead atoms. The third-order valence-corrected chi connectivity index (χ3v) is 0.764. The van der Waals surface area contributed by atoms with Gasteiger partial charge in [0.25, 0.3) is 0 Å². The monoisotopic (exact) mass is 111 g/mol. The third kappa shape index (κ3) is 0.904. The summed E-state index contributed by atoms with van der Waals surface area (Å²) in [7, 11) is 0. The molecular formula is C6H6O2. The summed E-state index contributed by atoms with van der Waals surface area (Å²) in [5, 5.41) is 17.5. The van der Waals surface area contributed by atoms with Crippen molar-refractivity contribution in [1.29, 1.82) is 0 Å². The quantitative estimate of drug-likeness (QED) is 0.526. The van der Waals surface area contributed by atoms with Gasteiger partial charge in [-0.05, 0) is 12.1 Å². The summed E-state index contributed by atoms with van der Waals surface area (Å²) in [6, 6.07) is 3.95. The SMILES string of the molecule is [2H]c1c(O)cccc1O. The molecule has 0 saturated carbocycles. The van der Waals surface area contributed by atoms with Gasteiger partial charge in [0.05, 0.1) is 1.37 Å². The van der Waals surface area contributed by atoms with Gasteiger partial charge in [-0.25, -0.2) is 0 Å². The molecule has 0 aliphatic heterocycles. The summed E-state index contributed by atoms with van der Waals surface area (Å²) < 4.78 is 6.94. The largest absolute Gasteiger partial charge is 0.508 e. The van der Waals surface area contributed by atoms with Crippen LogP contribution < -0.4 is 0 Å². The van der Waals surface area contributed by atoms with Crippen molar-refractivity contribution in [2.75, 3.05) is 0 Å². The number of rotatable bonds is 0. The molecule has 0 radical (unpaired) electrons. The standard InChI is InChI=1S/C6H6O2/c7-5-2-1-3-6(8)4-5/h1-4,7-8H/i4D. The Hall–Kier alpha value is -1.18. The van der Waals surface area contributed by atoms with E-state index in [1.807, 2.05) is 0 Å². The zero-order valence-corrected chi connectivity index (χ0v) is 4.13. The van der Waals surface area contributed by atoms with E-state index >= 15 is 0 Å². The van der Waals surface area contributed by atoms with Crippen LogP contribution in [0.15, 0.2) is 24.2 Å². The van der Waals surface area contributed by atoms with Crippen LogP contribution in [0.25, 0.3) is 0 Å². The summed E-state index contributed by atoms with van der Waals surface area (Å²) in [5.74, 6) is -0.398. The maximum atomic E-state index is 8.75. The fraction of sp³-hybridized carbons (Fsp3) is 0. The average Bonchev–Trinajstić information content (AvgIpc) is 1.83. The highest BCUT2D eigenvalue weighted by atomic mass is 16.3. The second kappa shape index (κ2) is 1.74. The van der Waals surface area contributed by atoms with Gasteiger partial charge in [0, 0.05) is 6.04 Å². The van der Waals surface area contributed by atoms with Gasteiger partial charge in [-0.15, -0.1) is 0 Å². The van der Waals surface area contributed by atoms with Crippen molar-refractivity contribution in [2.24, 2.45) is 0 Å². The van der Waals surface area contributed by atoms with Gasteiger partial charge in [-0.1, -0.05) is 6.07 Å². The van der Waals surface area contributed by atoms with Gasteiger partial charge in [-0.3, -0.25) is 0 Å². The van der Waals surface area contributed by atoms with Crippen molar-refractivity contribution in [2.45, 2.75) is 0 Å². The molecule has 0 saturated heterocycles. The highest BCUT2D eigenvalue weighted by Crippen LogP contribution is 2.14. The summed E-state index contributed by atoms with van der Waals surface area (Å²) in [6.07, 6.45) is 0. The van der Waals surface area contributed by atoms with E-state index in [9.17, 15) is 0 Å². The van der Waals surface area contributed by atoms with E-state index in [1.165, 1.54) is 18.2 Å². The Morgan fingerprint density at radius 2 is 1.75 bits per heavy atom. The molecule has 2 nitrogen and oxygen atoms in total. The average molecular weight is 111 g/mol. The van der Waals surface area contributed by atoms with E-state index in [0.29, 0.717) is 0 Å². The van der Waals surface area contributed by atoms with E-state index in [0.717, 1.165) is 0 Å². The van der Waals surface area contributed by atoms with Crippen molar-refractivity contribution in [1.82, 2.24) is 0 Å². The molecule has 0 atom stereocenters. The molecule has 1 aromatic carbocycles. The third-order valence-electron chi connectivity index (χ3n) is 0.764. The first kappa shape index (κ1) is 3.78. The maximum Gasteiger partial charge on any atom is 0.119 e. The molecule has 0 fully saturated rings. The Bertz CT molecular complexity index is 202. The second-order valence-electron chi connectivity index (χ2n) is 1.42. The van der Waals surface area contributed by atoms with Gasteiger partial charge in [0.15, 0.2) is 0 Å². The summed E-state index contributed by atoms with van der Waals surface area (Å²) in [6.45, 7) is 0. The lowest BCUT2D eigenvalue weighted by Gasteiger charge is -1.89. The zero-order valence-electron chi connectivity index (χ0n) is 5.13. The van der Waals surface area contributed by atoms with Crippen LogP contribution in [0.1, 0.15) is 1.37 Å². The van der Waals surface area contributed by atoms with Crippen LogP contribution in [0.3, 0.4) is 0 Å². The smallest absolute Gasteiger partial charge is 0.119 e. The van der Waals surface area contributed by atoms with Gasteiger partial charge in [0.1, 0.15) is 11.5 Å². The lowest BCUT2D eigenvalue weighted by Crippen LogP contribution is -1.61. The number of aromatic hydroxyl groups is 2. The molecule has 1 aromatic rings. The van der Waals surface area contributed by atoms with Crippen molar-refractivity contribution >= 4 is 0 Å². The predicted octanol–water partition coefficient (Wildman–Crippen LogP) is 1.10. The molecule has 2 heteroatoms. The molecule has 1 rings (SSSR count). The van der Waals surface area contributed by atoms with Crippen molar-refractivity contribution in [3.8, 4) is 11.5 Å². The minimum Gasteiger partial charge on any atom is -0.508 e. The minimum atomic E-state index is -0.225. The number of benzene rings is 1. The highest BCUT2D eigenvalue weighted by molar-refractivity contribution is 5.30. The number of phenols is 2. The Balaban J connectivity index is 3.25. The van der Waals surface area contributed by atoms with Crippen LogP contribution in [-0.2, 0) is 0 Å². The van der Waals surface area contributed by atoms with E-state index in [1.54, 1.807) is 0 Å². The van der Waals surface area contributed by atoms with E-state index in [4.69, 9.17) is 11.6 Å². The Morgan fingerprint density at radius 3 is 2.12 bits per heavy atom. The molecule has 0 amide bonds. The molecule has 0 unspecified atom stereocenters. The lowest BCUT2D eigenvalue weighted by atomic mass is 10.3. The summed E-state index contributed by atoms with van der Waals surface area (Å²) in [5.41, 5.74) is 0. The van der Waals surface area contributed by atoms with Crippen LogP contribution in [-0.4, -0.2) is 10.2 Å². The van der Waals surface area contributed by atoms with Crippen LogP contribution in [0.4, 0.5) is 0 Å². The van der Waals surface area contributed by atoms with Crippen molar-refractivity contribution in [3.05, 3.63) is 24.2 Å². The van der Waals surface area contributed by atoms with Crippen LogP contribution in [0.2, 0.25) is 0 Å². The van der Waals surface area contributed by atoms with E-state index in [2.05, 4.69) is 0 Å². The molecular weight excluding hydrogens is 104 g/mol. The predicted molar refractivity (Wildman–Crippen MR) is 29.8 cm³/mol. The van der Waals surface area contributed by atoms with Crippen molar-refractivity contribution in [3.63, 3.8) is 0 Å². The van der Waals surface area contributed by atoms with Crippen molar-refractivity contribution < 1.29 is 11.6 Å². The van der Waals surface area contributed by atoms with Gasteiger partial charge < -0.3 is 10.2 Å². The fourth-order valence-electron chi connectivity index (χ4n) is 0.445. The van der Waals surface area contributed by atoms with E-state index in [-0.39, 0.29) is 17.5 Å². The first-order valence-electron chi connectivity index (χ1n) is 2.69. The first-order valence-corrected chi connectivity index (χ1v) is 2.19. The van der Waals surface area contributed by atoms with Gasteiger partial charge >= 0.3 is 0 Å². The summed E-state index contributed by atoms with van der Waals surface area (Å²) in [4.78, 5) is 0. The molecule has 0 aromatic heterocycles. The molecule has 0 aliphatic carbocycles. The number of phenolic OH excluding ortho intramolecular Hbond substituents is 2. The molecule has 42 valence electrons. The number of hydrogen-bond acceptors (Lipinski definition) is 2. The maximum absolute atomic E-state index is 8.75. The first-order chi connectivity index (χ1) is 4.22. The molecule has 0 aliphatic rings. The van der Waals surface area contributed by atoms with Crippen LogP contribution in [0.5, 0.6) is 11.5 Å². The Morgan fingerprint density at radius 1 is 1.25 bits per heavy atom. The van der Waals surface area contributed by atoms with Crippen LogP contribution >= 0.6 is 0 Å². The highest BCUT2D eigenvalue weighted by Gasteiger charge is 1.85. The zero-order chi connectivity index (χ0) is 6.85. The summed E-state index contributed by atoms with van der Waals surface area (Å²) >= 11 is 0.